The molecule has 0 aromatic carbocycles. The fourth-order valence-corrected chi connectivity index (χ4v) is 3.89. The van der Waals surface area contributed by atoms with Gasteiger partial charge >= 0.3 is 5.97 Å². The van der Waals surface area contributed by atoms with Crippen molar-refractivity contribution >= 4 is 17.7 Å². The second-order valence-corrected chi connectivity index (χ2v) is 5.69. The number of hydrogen-bond acceptors (Lipinski definition) is 4. The van der Waals surface area contributed by atoms with E-state index in [-0.39, 0.29) is 0 Å². The Morgan fingerprint density at radius 2 is 2.19 bits per heavy atom. The Balaban J connectivity index is 2.12. The third-order valence-corrected chi connectivity index (χ3v) is 4.82. The van der Waals surface area contributed by atoms with Crippen LogP contribution in [0, 0.1) is 0 Å². The fraction of sp³-hybridized carbons (Fsp3) is 0.909. The summed E-state index contributed by atoms with van der Waals surface area (Å²) in [5, 5.41) is 12.9. The molecule has 16 heavy (non-hydrogen) atoms. The van der Waals surface area contributed by atoms with Crippen LogP contribution in [0.15, 0.2) is 0 Å². The van der Waals surface area contributed by atoms with Crippen LogP contribution in [-0.4, -0.2) is 59.2 Å². The number of rotatable bonds is 2. The first-order valence-corrected chi connectivity index (χ1v) is 7.18. The molecule has 2 saturated heterocycles. The number of thioether (sulfide) groups is 1. The predicted molar refractivity (Wildman–Crippen MR) is 66.0 cm³/mol. The Morgan fingerprint density at radius 1 is 1.31 bits per heavy atom. The number of carboxylic acids is 1. The van der Waals surface area contributed by atoms with Crippen LogP contribution in [-0.2, 0) is 4.79 Å². The molecule has 2 heterocycles. The van der Waals surface area contributed by atoms with Crippen LogP contribution in [0.2, 0.25) is 0 Å². The lowest BCUT2D eigenvalue weighted by atomic mass is 9.93. The Hall–Kier alpha value is -0.260. The lowest BCUT2D eigenvalue weighted by Gasteiger charge is -2.42. The van der Waals surface area contributed by atoms with Crippen molar-refractivity contribution in [2.24, 2.45) is 0 Å². The minimum atomic E-state index is -0.624. The summed E-state index contributed by atoms with van der Waals surface area (Å²) in [6.45, 7) is 3.71. The molecule has 2 aliphatic rings. The molecule has 0 aliphatic carbocycles. The summed E-state index contributed by atoms with van der Waals surface area (Å²) in [6, 6.07) is 0. The van der Waals surface area contributed by atoms with Gasteiger partial charge in [-0.05, 0) is 31.6 Å². The average Bonchev–Trinajstić information content (AvgIpc) is 2.58. The fourth-order valence-electron chi connectivity index (χ4n) is 2.61. The van der Waals surface area contributed by atoms with Crippen LogP contribution in [0.1, 0.15) is 19.3 Å². The first-order valence-electron chi connectivity index (χ1n) is 6.03. The highest BCUT2D eigenvalue weighted by molar-refractivity contribution is 7.99. The Labute approximate surface area is 101 Å². The molecule has 2 N–H and O–H groups in total. The zero-order chi connectivity index (χ0) is 11.4. The molecule has 0 bridgehead atoms. The Kier molecular flexibility index (Phi) is 4.10. The monoisotopic (exact) mass is 244 g/mol. The molecule has 5 heteroatoms. The molecule has 1 unspecified atom stereocenters. The molecule has 0 radical (unpaired) electrons. The van der Waals surface area contributed by atoms with Gasteiger partial charge in [-0.15, -0.1) is 0 Å². The highest BCUT2D eigenvalue weighted by Gasteiger charge is 2.45. The van der Waals surface area contributed by atoms with Gasteiger partial charge in [0.25, 0.3) is 0 Å². The maximum atomic E-state index is 11.6. The summed E-state index contributed by atoms with van der Waals surface area (Å²) in [7, 11) is 0. The van der Waals surface area contributed by atoms with Crippen LogP contribution in [0.5, 0.6) is 0 Å². The zero-order valence-electron chi connectivity index (χ0n) is 9.57. The predicted octanol–water partition coefficient (Wildman–Crippen LogP) is 0.632. The van der Waals surface area contributed by atoms with Gasteiger partial charge in [-0.25, -0.2) is 0 Å². The Bertz CT molecular complexity index is 246. The lowest BCUT2D eigenvalue weighted by Crippen LogP contribution is -2.58. The van der Waals surface area contributed by atoms with Crippen molar-refractivity contribution in [3.8, 4) is 0 Å². The molecule has 0 amide bonds. The van der Waals surface area contributed by atoms with E-state index >= 15 is 0 Å². The molecule has 0 saturated carbocycles. The summed E-state index contributed by atoms with van der Waals surface area (Å²) in [5.41, 5.74) is -0.588. The van der Waals surface area contributed by atoms with Crippen molar-refractivity contribution in [1.82, 2.24) is 10.2 Å². The molecule has 0 spiro atoms. The molecule has 92 valence electrons. The third kappa shape index (κ3) is 2.36. The van der Waals surface area contributed by atoms with Gasteiger partial charge in [-0.2, -0.15) is 11.8 Å². The molecule has 1 atom stereocenters. The summed E-state index contributed by atoms with van der Waals surface area (Å²) < 4.78 is 0. The second-order valence-electron chi connectivity index (χ2n) is 4.58. The van der Waals surface area contributed by atoms with Gasteiger partial charge in [0.05, 0.1) is 0 Å². The van der Waals surface area contributed by atoms with E-state index in [0.29, 0.717) is 0 Å². The molecule has 2 aliphatic heterocycles. The van der Waals surface area contributed by atoms with Crippen molar-refractivity contribution in [2.75, 3.05) is 37.7 Å². The van der Waals surface area contributed by atoms with Crippen LogP contribution in [0.3, 0.4) is 0 Å². The van der Waals surface area contributed by atoms with Crippen LogP contribution >= 0.6 is 11.8 Å². The molecule has 0 aromatic heterocycles. The van der Waals surface area contributed by atoms with E-state index in [1.165, 1.54) is 0 Å². The molecule has 2 rings (SSSR count). The third-order valence-electron chi connectivity index (χ3n) is 3.56. The van der Waals surface area contributed by atoms with E-state index in [1.54, 1.807) is 11.8 Å². The molecule has 4 nitrogen and oxygen atoms in total. The quantitative estimate of drug-likeness (QED) is 0.746. The minimum absolute atomic E-state index is 0.588. The van der Waals surface area contributed by atoms with Crippen LogP contribution in [0.25, 0.3) is 0 Å². The molecule has 0 aromatic rings. The first-order chi connectivity index (χ1) is 7.76. The summed E-state index contributed by atoms with van der Waals surface area (Å²) in [6.07, 6.45) is 2.90. The summed E-state index contributed by atoms with van der Waals surface area (Å²) in [5.74, 6) is 1.24. The van der Waals surface area contributed by atoms with Crippen molar-refractivity contribution in [3.63, 3.8) is 0 Å². The number of nitrogens with one attached hydrogen (secondary N) is 1. The number of carbonyl (C=O) groups is 1. The Morgan fingerprint density at radius 3 is 2.88 bits per heavy atom. The summed E-state index contributed by atoms with van der Waals surface area (Å²) >= 11 is 1.79. The minimum Gasteiger partial charge on any atom is -0.480 e. The van der Waals surface area contributed by atoms with Crippen molar-refractivity contribution < 1.29 is 9.90 Å². The van der Waals surface area contributed by atoms with E-state index in [1.807, 2.05) is 0 Å². The number of aliphatic carboxylic acids is 1. The summed E-state index contributed by atoms with van der Waals surface area (Å²) in [4.78, 5) is 13.8. The first kappa shape index (κ1) is 12.2. The van der Waals surface area contributed by atoms with Crippen molar-refractivity contribution in [3.05, 3.63) is 0 Å². The van der Waals surface area contributed by atoms with Gasteiger partial charge in [0.1, 0.15) is 5.54 Å². The molecule has 2 fully saturated rings. The van der Waals surface area contributed by atoms with E-state index in [0.717, 1.165) is 56.9 Å². The van der Waals surface area contributed by atoms with E-state index in [2.05, 4.69) is 10.2 Å². The van der Waals surface area contributed by atoms with Gasteiger partial charge < -0.3 is 10.4 Å². The average molecular weight is 244 g/mol. The maximum Gasteiger partial charge on any atom is 0.324 e. The van der Waals surface area contributed by atoms with E-state index in [4.69, 9.17) is 0 Å². The topological polar surface area (TPSA) is 52.6 Å². The van der Waals surface area contributed by atoms with Gasteiger partial charge in [0, 0.05) is 25.4 Å². The van der Waals surface area contributed by atoms with Gasteiger partial charge in [0.2, 0.25) is 0 Å². The standard InChI is InChI=1S/C11H20N2O2S/c14-10(15)11(3-1-8-16-9-11)13-6-2-4-12-5-7-13/h12H,1-9H2,(H,14,15). The lowest BCUT2D eigenvalue weighted by molar-refractivity contribution is -0.150. The number of hydrogen-bond donors (Lipinski definition) is 2. The molecular formula is C11H20N2O2S. The number of carboxylic acid groups (broad SMARTS) is 1. The van der Waals surface area contributed by atoms with Gasteiger partial charge in [0.15, 0.2) is 0 Å². The van der Waals surface area contributed by atoms with Gasteiger partial charge in [-0.1, -0.05) is 0 Å². The normalized spacial score (nSPS) is 33.2. The second kappa shape index (κ2) is 5.38. The van der Waals surface area contributed by atoms with Crippen LogP contribution in [0.4, 0.5) is 0 Å². The number of nitrogens with zero attached hydrogens (tertiary/aromatic N) is 1. The highest BCUT2D eigenvalue weighted by Crippen LogP contribution is 2.32. The van der Waals surface area contributed by atoms with Crippen molar-refractivity contribution in [1.29, 1.82) is 0 Å². The SMILES string of the molecule is O=C(O)C1(N2CCCNCC2)CCCSC1. The van der Waals surface area contributed by atoms with E-state index in [9.17, 15) is 9.90 Å². The highest BCUT2D eigenvalue weighted by atomic mass is 32.2. The largest absolute Gasteiger partial charge is 0.480 e. The van der Waals surface area contributed by atoms with E-state index < -0.39 is 11.5 Å². The van der Waals surface area contributed by atoms with Gasteiger partial charge in [-0.3, -0.25) is 9.69 Å². The zero-order valence-corrected chi connectivity index (χ0v) is 10.4. The smallest absolute Gasteiger partial charge is 0.324 e. The molecular weight excluding hydrogens is 224 g/mol. The van der Waals surface area contributed by atoms with Crippen molar-refractivity contribution in [2.45, 2.75) is 24.8 Å². The maximum absolute atomic E-state index is 11.6. The van der Waals surface area contributed by atoms with Crippen LogP contribution < -0.4 is 5.32 Å².